The molecule has 0 bridgehead atoms. The summed E-state index contributed by atoms with van der Waals surface area (Å²) in [6, 6.07) is 16.6. The number of hydrogen-bond acceptors (Lipinski definition) is 4. The lowest BCUT2D eigenvalue weighted by Crippen LogP contribution is -2.35. The predicted octanol–water partition coefficient (Wildman–Crippen LogP) is 2.75. The Hall–Kier alpha value is -2.99. The van der Waals surface area contributed by atoms with Crippen molar-refractivity contribution in [3.8, 4) is 5.69 Å². The van der Waals surface area contributed by atoms with E-state index in [1.165, 1.54) is 11.1 Å². The number of likely N-dealkylation sites (tertiary alicyclic amines) is 1. The molecule has 1 fully saturated rings. The monoisotopic (exact) mass is 375 g/mol. The molecular weight excluding hydrogens is 350 g/mol. The lowest BCUT2D eigenvalue weighted by atomic mass is 9.93. The summed E-state index contributed by atoms with van der Waals surface area (Å²) in [6.07, 6.45) is 3.27. The molecule has 0 aliphatic carbocycles. The lowest BCUT2D eigenvalue weighted by molar-refractivity contribution is 0.0782. The maximum Gasteiger partial charge on any atom is 0.254 e. The van der Waals surface area contributed by atoms with Gasteiger partial charge in [0.15, 0.2) is 0 Å². The fourth-order valence-electron chi connectivity index (χ4n) is 3.93. The van der Waals surface area contributed by atoms with E-state index in [1.54, 1.807) is 17.2 Å². The Morgan fingerprint density at radius 3 is 2.43 bits per heavy atom. The fourth-order valence-corrected chi connectivity index (χ4v) is 3.93. The summed E-state index contributed by atoms with van der Waals surface area (Å²) in [5.74, 6) is 0.372. The maximum atomic E-state index is 13.2. The zero-order valence-corrected chi connectivity index (χ0v) is 16.5. The summed E-state index contributed by atoms with van der Waals surface area (Å²) < 4.78 is 1.80. The van der Waals surface area contributed by atoms with Gasteiger partial charge in [-0.2, -0.15) is 0 Å². The minimum atomic E-state index is 0.0661. The molecule has 3 aromatic rings. The van der Waals surface area contributed by atoms with Crippen LogP contribution in [0, 0.1) is 6.92 Å². The van der Waals surface area contributed by atoms with Gasteiger partial charge in [0.1, 0.15) is 12.7 Å². The number of carbonyl (C=O) groups is 1. The molecule has 0 saturated carbocycles. The van der Waals surface area contributed by atoms with E-state index in [1.807, 2.05) is 29.2 Å². The van der Waals surface area contributed by atoms with Gasteiger partial charge in [-0.1, -0.05) is 35.9 Å². The van der Waals surface area contributed by atoms with Gasteiger partial charge < -0.3 is 9.80 Å². The highest BCUT2D eigenvalue weighted by Gasteiger charge is 2.37. The molecule has 2 heterocycles. The first kappa shape index (κ1) is 18.4. The number of nitrogens with zero attached hydrogens (tertiary/aromatic N) is 5. The van der Waals surface area contributed by atoms with Crippen molar-refractivity contribution in [3.05, 3.63) is 77.9 Å². The zero-order valence-electron chi connectivity index (χ0n) is 16.5. The second-order valence-corrected chi connectivity index (χ2v) is 7.68. The van der Waals surface area contributed by atoms with Gasteiger partial charge in [-0.05, 0) is 44.8 Å². The van der Waals surface area contributed by atoms with E-state index in [0.717, 1.165) is 18.8 Å². The molecule has 4 rings (SSSR count). The van der Waals surface area contributed by atoms with E-state index >= 15 is 0 Å². The van der Waals surface area contributed by atoms with Crippen LogP contribution in [0.1, 0.15) is 27.4 Å². The Morgan fingerprint density at radius 2 is 1.75 bits per heavy atom. The van der Waals surface area contributed by atoms with Gasteiger partial charge in [-0.25, -0.2) is 0 Å². The van der Waals surface area contributed by atoms with Crippen molar-refractivity contribution in [1.29, 1.82) is 0 Å². The van der Waals surface area contributed by atoms with Crippen LogP contribution in [0.4, 0.5) is 0 Å². The van der Waals surface area contributed by atoms with Gasteiger partial charge in [-0.15, -0.1) is 10.2 Å². The first-order valence-corrected chi connectivity index (χ1v) is 9.50. The van der Waals surface area contributed by atoms with Crippen LogP contribution in [0.25, 0.3) is 5.69 Å². The smallest absolute Gasteiger partial charge is 0.254 e. The van der Waals surface area contributed by atoms with Crippen molar-refractivity contribution in [2.24, 2.45) is 0 Å². The topological polar surface area (TPSA) is 54.3 Å². The first-order valence-electron chi connectivity index (χ1n) is 9.50. The summed E-state index contributed by atoms with van der Waals surface area (Å²) in [5.41, 5.74) is 4.11. The third kappa shape index (κ3) is 3.55. The van der Waals surface area contributed by atoms with Crippen LogP contribution in [0.5, 0.6) is 0 Å². The van der Waals surface area contributed by atoms with Gasteiger partial charge in [0, 0.05) is 36.3 Å². The molecule has 2 atom stereocenters. The Labute approximate surface area is 165 Å². The van der Waals surface area contributed by atoms with Crippen LogP contribution < -0.4 is 0 Å². The highest BCUT2D eigenvalue weighted by atomic mass is 16.2. The maximum absolute atomic E-state index is 13.2. The Bertz CT molecular complexity index is 949. The Morgan fingerprint density at radius 1 is 1.04 bits per heavy atom. The molecule has 1 saturated heterocycles. The number of amides is 1. The molecule has 1 aliphatic rings. The quantitative estimate of drug-likeness (QED) is 0.704. The van der Waals surface area contributed by atoms with E-state index in [-0.39, 0.29) is 5.91 Å². The number of hydrogen-bond donors (Lipinski definition) is 0. The first-order chi connectivity index (χ1) is 13.5. The molecule has 1 amide bonds. The Balaban J connectivity index is 1.58. The van der Waals surface area contributed by atoms with Gasteiger partial charge in [0.25, 0.3) is 5.91 Å². The molecular formula is C22H25N5O. The average molecular weight is 375 g/mol. The second-order valence-electron chi connectivity index (χ2n) is 7.68. The van der Waals surface area contributed by atoms with Crippen LogP contribution in [0.2, 0.25) is 0 Å². The minimum Gasteiger partial charge on any atom is -0.336 e. The van der Waals surface area contributed by atoms with Crippen LogP contribution in [0.15, 0.2) is 61.2 Å². The molecule has 28 heavy (non-hydrogen) atoms. The largest absolute Gasteiger partial charge is 0.336 e. The van der Waals surface area contributed by atoms with E-state index in [0.29, 0.717) is 17.5 Å². The molecule has 6 nitrogen and oxygen atoms in total. The second kappa shape index (κ2) is 7.56. The van der Waals surface area contributed by atoms with Gasteiger partial charge in [-0.3, -0.25) is 9.36 Å². The minimum absolute atomic E-state index is 0.0661. The van der Waals surface area contributed by atoms with Crippen molar-refractivity contribution < 1.29 is 4.79 Å². The van der Waals surface area contributed by atoms with E-state index < -0.39 is 0 Å². The van der Waals surface area contributed by atoms with Crippen molar-refractivity contribution in [1.82, 2.24) is 24.6 Å². The normalized spacial score (nSPS) is 19.4. The van der Waals surface area contributed by atoms with Gasteiger partial charge >= 0.3 is 0 Å². The summed E-state index contributed by atoms with van der Waals surface area (Å²) in [7, 11) is 4.18. The molecule has 0 spiro atoms. The van der Waals surface area contributed by atoms with Crippen molar-refractivity contribution in [3.63, 3.8) is 0 Å². The number of benzene rings is 2. The third-order valence-corrected chi connectivity index (χ3v) is 5.55. The number of carbonyl (C=O) groups excluding carboxylic acids is 1. The summed E-state index contributed by atoms with van der Waals surface area (Å²) >= 11 is 0. The number of aromatic nitrogens is 3. The van der Waals surface area contributed by atoms with Gasteiger partial charge in [0.2, 0.25) is 0 Å². The van der Waals surface area contributed by atoms with Crippen LogP contribution in [0.3, 0.4) is 0 Å². The average Bonchev–Trinajstić information content (AvgIpc) is 3.38. The standard InChI is InChI=1S/C22H25N5O/c1-16-7-9-17(10-8-16)20-12-26(13-21(20)25(2)3)22(28)18-5-4-6-19(11-18)27-14-23-24-15-27/h4-11,14-15,20-21H,12-13H2,1-3H3/t20-,21+/m0/s1. The van der Waals surface area contributed by atoms with Crippen LogP contribution in [-0.4, -0.2) is 63.7 Å². The van der Waals surface area contributed by atoms with Crippen molar-refractivity contribution >= 4 is 5.91 Å². The summed E-state index contributed by atoms with van der Waals surface area (Å²) in [4.78, 5) is 17.4. The highest BCUT2D eigenvalue weighted by molar-refractivity contribution is 5.95. The molecule has 1 aliphatic heterocycles. The molecule has 0 N–H and O–H groups in total. The summed E-state index contributed by atoms with van der Waals surface area (Å²) in [6.45, 7) is 3.54. The van der Waals surface area contributed by atoms with Crippen molar-refractivity contribution in [2.45, 2.75) is 18.9 Å². The molecule has 2 aromatic carbocycles. The Kier molecular flexibility index (Phi) is 4.96. The molecule has 6 heteroatoms. The molecule has 144 valence electrons. The van der Waals surface area contributed by atoms with Crippen molar-refractivity contribution in [2.75, 3.05) is 27.2 Å². The highest BCUT2D eigenvalue weighted by Crippen LogP contribution is 2.31. The molecule has 1 aromatic heterocycles. The van der Waals surface area contributed by atoms with Crippen LogP contribution in [-0.2, 0) is 0 Å². The van der Waals surface area contributed by atoms with Gasteiger partial charge in [0.05, 0.1) is 0 Å². The number of rotatable bonds is 4. The third-order valence-electron chi connectivity index (χ3n) is 5.55. The summed E-state index contributed by atoms with van der Waals surface area (Å²) in [5, 5.41) is 7.68. The SMILES string of the molecule is Cc1ccc([C@@H]2CN(C(=O)c3cccc(-n4cnnc4)c3)C[C@H]2N(C)C)cc1. The molecule has 0 radical (unpaired) electrons. The number of likely N-dealkylation sites (N-methyl/N-ethyl adjacent to an activating group) is 1. The van der Waals surface area contributed by atoms with E-state index in [2.05, 4.69) is 60.4 Å². The predicted molar refractivity (Wildman–Crippen MR) is 109 cm³/mol. The zero-order chi connectivity index (χ0) is 19.7. The van der Waals surface area contributed by atoms with E-state index in [4.69, 9.17) is 0 Å². The number of aryl methyl sites for hydroxylation is 1. The fraction of sp³-hybridized carbons (Fsp3) is 0.318. The van der Waals surface area contributed by atoms with E-state index in [9.17, 15) is 4.79 Å². The lowest BCUT2D eigenvalue weighted by Gasteiger charge is -2.25. The molecule has 0 unspecified atom stereocenters. The van der Waals surface area contributed by atoms with Crippen LogP contribution >= 0.6 is 0 Å².